The SMILES string of the molecule is CC(OCC1CCCO1)C(=O)Nc1ccc2nc(N(C)C)ccc2c1. The first-order valence-corrected chi connectivity index (χ1v) is 8.65. The fourth-order valence-corrected chi connectivity index (χ4v) is 2.79. The van der Waals surface area contributed by atoms with E-state index in [1.807, 2.05) is 49.3 Å². The second-order valence-electron chi connectivity index (χ2n) is 6.57. The number of nitrogens with zero attached hydrogens (tertiary/aromatic N) is 2. The van der Waals surface area contributed by atoms with E-state index in [0.717, 1.165) is 41.9 Å². The number of rotatable bonds is 6. The number of anilines is 2. The van der Waals surface area contributed by atoms with E-state index in [4.69, 9.17) is 9.47 Å². The van der Waals surface area contributed by atoms with Crippen LogP contribution in [0.15, 0.2) is 30.3 Å². The fraction of sp³-hybridized carbons (Fsp3) is 0.474. The van der Waals surface area contributed by atoms with Crippen LogP contribution in [0.4, 0.5) is 11.5 Å². The summed E-state index contributed by atoms with van der Waals surface area (Å²) in [6.07, 6.45) is 1.66. The molecule has 0 radical (unpaired) electrons. The van der Waals surface area contributed by atoms with E-state index in [0.29, 0.717) is 6.61 Å². The van der Waals surface area contributed by atoms with Crippen LogP contribution in [0.1, 0.15) is 19.8 Å². The number of carbonyl (C=O) groups excluding carboxylic acids is 1. The van der Waals surface area contributed by atoms with Crippen LogP contribution in [-0.2, 0) is 14.3 Å². The summed E-state index contributed by atoms with van der Waals surface area (Å²) in [5, 5.41) is 3.89. The Kier molecular flexibility index (Phi) is 5.50. The Morgan fingerprint density at radius 1 is 1.40 bits per heavy atom. The van der Waals surface area contributed by atoms with Crippen LogP contribution < -0.4 is 10.2 Å². The van der Waals surface area contributed by atoms with Gasteiger partial charge in [-0.3, -0.25) is 4.79 Å². The van der Waals surface area contributed by atoms with Crippen molar-refractivity contribution in [3.8, 4) is 0 Å². The highest BCUT2D eigenvalue weighted by atomic mass is 16.5. The molecule has 0 aliphatic carbocycles. The summed E-state index contributed by atoms with van der Waals surface area (Å²) in [6, 6.07) is 9.66. The smallest absolute Gasteiger partial charge is 0.253 e. The van der Waals surface area contributed by atoms with Gasteiger partial charge in [-0.05, 0) is 50.1 Å². The first kappa shape index (κ1) is 17.6. The summed E-state index contributed by atoms with van der Waals surface area (Å²) < 4.78 is 11.1. The first-order chi connectivity index (χ1) is 12.0. The van der Waals surface area contributed by atoms with Gasteiger partial charge in [0, 0.05) is 31.8 Å². The Balaban J connectivity index is 1.61. The number of nitrogens with one attached hydrogen (secondary N) is 1. The molecule has 2 heterocycles. The zero-order chi connectivity index (χ0) is 17.8. The highest BCUT2D eigenvalue weighted by Gasteiger charge is 2.20. The third-order valence-electron chi connectivity index (χ3n) is 4.33. The Hall–Kier alpha value is -2.18. The van der Waals surface area contributed by atoms with Gasteiger partial charge in [0.25, 0.3) is 5.91 Å². The van der Waals surface area contributed by atoms with Gasteiger partial charge in [-0.15, -0.1) is 0 Å². The molecule has 1 amide bonds. The van der Waals surface area contributed by atoms with Gasteiger partial charge in [0.15, 0.2) is 0 Å². The van der Waals surface area contributed by atoms with Crippen molar-refractivity contribution in [3.05, 3.63) is 30.3 Å². The van der Waals surface area contributed by atoms with Crippen LogP contribution in [0.3, 0.4) is 0 Å². The lowest BCUT2D eigenvalue weighted by Crippen LogP contribution is -2.30. The van der Waals surface area contributed by atoms with Crippen LogP contribution in [0.2, 0.25) is 0 Å². The molecule has 134 valence electrons. The van der Waals surface area contributed by atoms with Crippen molar-refractivity contribution in [2.75, 3.05) is 37.5 Å². The molecule has 2 unspecified atom stereocenters. The molecule has 0 bridgehead atoms. The molecule has 1 fully saturated rings. The molecule has 1 aliphatic rings. The van der Waals surface area contributed by atoms with Gasteiger partial charge in [0.2, 0.25) is 0 Å². The normalized spacial score (nSPS) is 18.3. The molecule has 2 atom stereocenters. The van der Waals surface area contributed by atoms with E-state index in [2.05, 4.69) is 10.3 Å². The number of ether oxygens (including phenoxy) is 2. The minimum atomic E-state index is -0.519. The largest absolute Gasteiger partial charge is 0.376 e. The van der Waals surface area contributed by atoms with Gasteiger partial charge in [-0.25, -0.2) is 4.98 Å². The highest BCUT2D eigenvalue weighted by Crippen LogP contribution is 2.21. The number of fused-ring (bicyclic) bond motifs is 1. The third kappa shape index (κ3) is 4.46. The molecule has 1 saturated heterocycles. The predicted molar refractivity (Wildman–Crippen MR) is 99.1 cm³/mol. The van der Waals surface area contributed by atoms with Crippen molar-refractivity contribution >= 4 is 28.3 Å². The number of aromatic nitrogens is 1. The highest BCUT2D eigenvalue weighted by molar-refractivity contribution is 5.96. The van der Waals surface area contributed by atoms with E-state index in [1.165, 1.54) is 0 Å². The molecule has 0 spiro atoms. The second kappa shape index (κ2) is 7.80. The Labute approximate surface area is 148 Å². The molecule has 3 rings (SSSR count). The second-order valence-corrected chi connectivity index (χ2v) is 6.57. The summed E-state index contributed by atoms with van der Waals surface area (Å²) in [5.74, 6) is 0.746. The van der Waals surface area contributed by atoms with E-state index in [-0.39, 0.29) is 12.0 Å². The molecule has 25 heavy (non-hydrogen) atoms. The first-order valence-electron chi connectivity index (χ1n) is 8.65. The number of pyridine rings is 1. The molecule has 1 N–H and O–H groups in total. The lowest BCUT2D eigenvalue weighted by atomic mass is 10.2. The summed E-state index contributed by atoms with van der Waals surface area (Å²) in [7, 11) is 3.92. The zero-order valence-corrected chi connectivity index (χ0v) is 15.0. The monoisotopic (exact) mass is 343 g/mol. The fourth-order valence-electron chi connectivity index (χ4n) is 2.79. The van der Waals surface area contributed by atoms with Crippen molar-refractivity contribution in [2.45, 2.75) is 32.0 Å². The zero-order valence-electron chi connectivity index (χ0n) is 15.0. The minimum absolute atomic E-state index is 0.118. The van der Waals surface area contributed by atoms with Gasteiger partial charge in [-0.2, -0.15) is 0 Å². The maximum absolute atomic E-state index is 12.3. The van der Waals surface area contributed by atoms with Crippen LogP contribution in [-0.4, -0.2) is 50.4 Å². The van der Waals surface area contributed by atoms with Gasteiger partial charge in [-0.1, -0.05) is 0 Å². The molecular weight excluding hydrogens is 318 g/mol. The Bertz CT molecular complexity index is 742. The quantitative estimate of drug-likeness (QED) is 0.874. The average molecular weight is 343 g/mol. The molecule has 2 aromatic rings. The van der Waals surface area contributed by atoms with Crippen molar-refractivity contribution in [1.29, 1.82) is 0 Å². The van der Waals surface area contributed by atoms with Gasteiger partial charge in [0.05, 0.1) is 18.2 Å². The molecule has 0 saturated carbocycles. The van der Waals surface area contributed by atoms with E-state index in [9.17, 15) is 4.79 Å². The summed E-state index contributed by atoms with van der Waals surface area (Å²) in [5.41, 5.74) is 1.64. The summed E-state index contributed by atoms with van der Waals surface area (Å²) >= 11 is 0. The van der Waals surface area contributed by atoms with Crippen molar-refractivity contribution in [2.24, 2.45) is 0 Å². The summed E-state index contributed by atoms with van der Waals surface area (Å²) in [4.78, 5) is 18.8. The maximum Gasteiger partial charge on any atom is 0.253 e. The van der Waals surface area contributed by atoms with E-state index >= 15 is 0 Å². The van der Waals surface area contributed by atoms with E-state index in [1.54, 1.807) is 6.92 Å². The molecule has 1 aromatic heterocycles. The lowest BCUT2D eigenvalue weighted by Gasteiger charge is -2.16. The average Bonchev–Trinajstić information content (AvgIpc) is 3.12. The number of benzene rings is 1. The third-order valence-corrected chi connectivity index (χ3v) is 4.33. The minimum Gasteiger partial charge on any atom is -0.376 e. The van der Waals surface area contributed by atoms with Crippen LogP contribution >= 0.6 is 0 Å². The Morgan fingerprint density at radius 3 is 2.96 bits per heavy atom. The van der Waals surface area contributed by atoms with Gasteiger partial charge < -0.3 is 19.7 Å². The van der Waals surface area contributed by atoms with Crippen LogP contribution in [0, 0.1) is 0 Å². The number of amides is 1. The number of carbonyl (C=O) groups is 1. The molecular formula is C19H25N3O3. The summed E-state index contributed by atoms with van der Waals surface area (Å²) in [6.45, 7) is 3.01. The van der Waals surface area contributed by atoms with Crippen molar-refractivity contribution in [1.82, 2.24) is 4.98 Å². The standard InChI is InChI=1S/C19H25N3O3/c1-13(25-12-16-5-4-10-24-16)19(23)20-15-7-8-17-14(11-15)6-9-18(21-17)22(2)3/h6-9,11,13,16H,4-5,10,12H2,1-3H3,(H,20,23). The van der Waals surface area contributed by atoms with Crippen LogP contribution in [0.5, 0.6) is 0 Å². The maximum atomic E-state index is 12.3. The van der Waals surface area contributed by atoms with Crippen molar-refractivity contribution < 1.29 is 14.3 Å². The lowest BCUT2D eigenvalue weighted by molar-refractivity contribution is -0.128. The molecule has 1 aromatic carbocycles. The predicted octanol–water partition coefficient (Wildman–Crippen LogP) is 2.82. The van der Waals surface area contributed by atoms with Crippen LogP contribution in [0.25, 0.3) is 10.9 Å². The number of hydrogen-bond donors (Lipinski definition) is 1. The van der Waals surface area contributed by atoms with E-state index < -0.39 is 6.10 Å². The molecule has 1 aliphatic heterocycles. The van der Waals surface area contributed by atoms with Crippen molar-refractivity contribution in [3.63, 3.8) is 0 Å². The Morgan fingerprint density at radius 2 is 2.24 bits per heavy atom. The molecule has 6 heteroatoms. The topological polar surface area (TPSA) is 63.7 Å². The molecule has 6 nitrogen and oxygen atoms in total. The number of hydrogen-bond acceptors (Lipinski definition) is 5. The van der Waals surface area contributed by atoms with Gasteiger partial charge in [0.1, 0.15) is 11.9 Å². The van der Waals surface area contributed by atoms with Gasteiger partial charge >= 0.3 is 0 Å².